The van der Waals surface area contributed by atoms with Crippen LogP contribution in [0.3, 0.4) is 0 Å². The van der Waals surface area contributed by atoms with E-state index in [9.17, 15) is 4.79 Å². The summed E-state index contributed by atoms with van der Waals surface area (Å²) in [7, 11) is 0. The summed E-state index contributed by atoms with van der Waals surface area (Å²) in [6.45, 7) is 8.38. The average molecular weight is 349 g/mol. The lowest BCUT2D eigenvalue weighted by atomic mass is 9.74. The quantitative estimate of drug-likeness (QED) is 0.784. The van der Waals surface area contributed by atoms with Crippen molar-refractivity contribution in [3.63, 3.8) is 0 Å². The van der Waals surface area contributed by atoms with Gasteiger partial charge in [0.05, 0.1) is 0 Å². The summed E-state index contributed by atoms with van der Waals surface area (Å²) < 4.78 is 5.82. The molecule has 2 atom stereocenters. The van der Waals surface area contributed by atoms with Gasteiger partial charge in [0, 0.05) is 23.6 Å². The summed E-state index contributed by atoms with van der Waals surface area (Å²) in [5, 5.41) is 0. The zero-order chi connectivity index (χ0) is 18.4. The van der Waals surface area contributed by atoms with Gasteiger partial charge in [-0.05, 0) is 48.1 Å². The van der Waals surface area contributed by atoms with Crippen molar-refractivity contribution in [3.8, 4) is 5.75 Å². The second kappa shape index (κ2) is 6.15. The molecule has 0 N–H and O–H groups in total. The minimum atomic E-state index is 0.153. The lowest BCUT2D eigenvalue weighted by Crippen LogP contribution is -2.62. The molecule has 2 unspecified atom stereocenters. The standard InChI is InChI=1S/C23H27NO2/c1-22(2)13-20-23(3,15-22)16-24(20)21(25)18-9-11-19(12-10-18)26-14-17-7-5-4-6-8-17/h4-12,20H,13-16H2,1-3H3. The third kappa shape index (κ3) is 3.11. The fourth-order valence-corrected chi connectivity index (χ4v) is 4.90. The van der Waals surface area contributed by atoms with Crippen LogP contribution in [0.1, 0.15) is 49.5 Å². The molecule has 1 heterocycles. The Morgan fingerprint density at radius 1 is 1.08 bits per heavy atom. The summed E-state index contributed by atoms with van der Waals surface area (Å²) in [6, 6.07) is 18.1. The Bertz CT molecular complexity index is 797. The zero-order valence-corrected chi connectivity index (χ0v) is 15.9. The number of ether oxygens (including phenoxy) is 1. The summed E-state index contributed by atoms with van der Waals surface area (Å²) in [5.41, 5.74) is 2.53. The number of fused-ring (bicyclic) bond motifs is 1. The maximum atomic E-state index is 12.9. The molecule has 0 spiro atoms. The smallest absolute Gasteiger partial charge is 0.254 e. The molecule has 2 aliphatic rings. The van der Waals surface area contributed by atoms with Crippen molar-refractivity contribution in [3.05, 3.63) is 65.7 Å². The van der Waals surface area contributed by atoms with E-state index in [1.807, 2.05) is 54.6 Å². The molecule has 0 aromatic heterocycles. The first-order valence-corrected chi connectivity index (χ1v) is 9.44. The highest BCUT2D eigenvalue weighted by atomic mass is 16.5. The van der Waals surface area contributed by atoms with E-state index in [1.165, 1.54) is 6.42 Å². The summed E-state index contributed by atoms with van der Waals surface area (Å²) in [5.74, 6) is 0.945. The molecule has 1 saturated heterocycles. The van der Waals surface area contributed by atoms with Crippen LogP contribution < -0.4 is 4.74 Å². The topological polar surface area (TPSA) is 29.5 Å². The predicted molar refractivity (Wildman–Crippen MR) is 103 cm³/mol. The highest BCUT2D eigenvalue weighted by Crippen LogP contribution is 2.57. The van der Waals surface area contributed by atoms with Crippen LogP contribution in [0.25, 0.3) is 0 Å². The maximum Gasteiger partial charge on any atom is 0.254 e. The van der Waals surface area contributed by atoms with E-state index in [2.05, 4.69) is 25.7 Å². The van der Waals surface area contributed by atoms with Gasteiger partial charge in [-0.25, -0.2) is 0 Å². The Balaban J connectivity index is 1.39. The van der Waals surface area contributed by atoms with Crippen molar-refractivity contribution < 1.29 is 9.53 Å². The molecule has 0 bridgehead atoms. The predicted octanol–water partition coefficient (Wildman–Crippen LogP) is 4.92. The van der Waals surface area contributed by atoms with Crippen LogP contribution in [0.15, 0.2) is 54.6 Å². The Morgan fingerprint density at radius 3 is 2.42 bits per heavy atom. The molecule has 0 radical (unpaired) electrons. The van der Waals surface area contributed by atoms with Crippen LogP contribution in [0, 0.1) is 10.8 Å². The molecule has 3 nitrogen and oxygen atoms in total. The van der Waals surface area contributed by atoms with Crippen molar-refractivity contribution in [1.82, 2.24) is 4.90 Å². The molecule has 2 fully saturated rings. The van der Waals surface area contributed by atoms with E-state index in [1.54, 1.807) is 0 Å². The lowest BCUT2D eigenvalue weighted by molar-refractivity contribution is -0.0216. The van der Waals surface area contributed by atoms with Gasteiger partial charge in [0.25, 0.3) is 5.91 Å². The molecular weight excluding hydrogens is 322 g/mol. The van der Waals surface area contributed by atoms with Crippen LogP contribution >= 0.6 is 0 Å². The molecule has 1 aliphatic carbocycles. The minimum absolute atomic E-state index is 0.153. The summed E-state index contributed by atoms with van der Waals surface area (Å²) in [4.78, 5) is 15.0. The van der Waals surface area contributed by atoms with Gasteiger partial charge in [-0.2, -0.15) is 0 Å². The fraction of sp³-hybridized carbons (Fsp3) is 0.435. The first kappa shape index (κ1) is 17.1. The third-order valence-electron chi connectivity index (χ3n) is 5.95. The van der Waals surface area contributed by atoms with Gasteiger partial charge in [-0.1, -0.05) is 51.1 Å². The van der Waals surface area contributed by atoms with Crippen molar-refractivity contribution in [2.45, 2.75) is 46.3 Å². The molecule has 3 heteroatoms. The van der Waals surface area contributed by atoms with Crippen LogP contribution in [-0.4, -0.2) is 23.4 Å². The largest absolute Gasteiger partial charge is 0.489 e. The number of nitrogens with zero attached hydrogens (tertiary/aromatic N) is 1. The van der Waals surface area contributed by atoms with Gasteiger partial charge < -0.3 is 9.64 Å². The van der Waals surface area contributed by atoms with Crippen LogP contribution in [0.4, 0.5) is 0 Å². The molecule has 4 rings (SSSR count). The van der Waals surface area contributed by atoms with Gasteiger partial charge in [-0.3, -0.25) is 4.79 Å². The van der Waals surface area contributed by atoms with Gasteiger partial charge in [0.15, 0.2) is 0 Å². The second-order valence-electron chi connectivity index (χ2n) is 8.95. The van der Waals surface area contributed by atoms with Crippen molar-refractivity contribution in [2.24, 2.45) is 10.8 Å². The number of carbonyl (C=O) groups is 1. The number of rotatable bonds is 4. The number of amides is 1. The second-order valence-corrected chi connectivity index (χ2v) is 8.95. The minimum Gasteiger partial charge on any atom is -0.489 e. The molecule has 136 valence electrons. The first-order chi connectivity index (χ1) is 12.4. The number of carbonyl (C=O) groups excluding carboxylic acids is 1. The van der Waals surface area contributed by atoms with Crippen LogP contribution in [-0.2, 0) is 6.61 Å². The fourth-order valence-electron chi connectivity index (χ4n) is 4.90. The van der Waals surface area contributed by atoms with Crippen molar-refractivity contribution in [2.75, 3.05) is 6.54 Å². The molecule has 2 aromatic rings. The SMILES string of the molecule is CC1(C)CC2N(C(=O)c3ccc(OCc4ccccc4)cc3)CC2(C)C1. The normalized spacial score (nSPS) is 26.1. The first-order valence-electron chi connectivity index (χ1n) is 9.44. The number of hydrogen-bond acceptors (Lipinski definition) is 2. The number of likely N-dealkylation sites (tertiary alicyclic amines) is 1. The number of benzene rings is 2. The Kier molecular flexibility index (Phi) is 4.06. The Hall–Kier alpha value is -2.29. The average Bonchev–Trinajstić information content (AvgIpc) is 2.81. The van der Waals surface area contributed by atoms with E-state index in [-0.39, 0.29) is 5.91 Å². The van der Waals surface area contributed by atoms with Crippen LogP contribution in [0.2, 0.25) is 0 Å². The van der Waals surface area contributed by atoms with Crippen molar-refractivity contribution in [1.29, 1.82) is 0 Å². The third-order valence-corrected chi connectivity index (χ3v) is 5.95. The van der Waals surface area contributed by atoms with Crippen molar-refractivity contribution >= 4 is 5.91 Å². The number of hydrogen-bond donors (Lipinski definition) is 0. The van der Waals surface area contributed by atoms with E-state index in [0.717, 1.165) is 29.8 Å². The van der Waals surface area contributed by atoms with E-state index >= 15 is 0 Å². The van der Waals surface area contributed by atoms with E-state index < -0.39 is 0 Å². The van der Waals surface area contributed by atoms with Gasteiger partial charge in [0.1, 0.15) is 12.4 Å². The van der Waals surface area contributed by atoms with Crippen LogP contribution in [0.5, 0.6) is 5.75 Å². The molecular formula is C23H27NO2. The van der Waals surface area contributed by atoms with Gasteiger partial charge >= 0.3 is 0 Å². The summed E-state index contributed by atoms with van der Waals surface area (Å²) in [6.07, 6.45) is 2.31. The van der Waals surface area contributed by atoms with Gasteiger partial charge in [-0.15, -0.1) is 0 Å². The Labute approximate surface area is 156 Å². The Morgan fingerprint density at radius 2 is 1.77 bits per heavy atom. The molecule has 1 amide bonds. The molecule has 2 aromatic carbocycles. The highest BCUT2D eigenvalue weighted by Gasteiger charge is 2.59. The van der Waals surface area contributed by atoms with E-state index in [0.29, 0.717) is 23.5 Å². The molecule has 26 heavy (non-hydrogen) atoms. The maximum absolute atomic E-state index is 12.9. The summed E-state index contributed by atoms with van der Waals surface area (Å²) >= 11 is 0. The van der Waals surface area contributed by atoms with E-state index in [4.69, 9.17) is 4.74 Å². The zero-order valence-electron chi connectivity index (χ0n) is 15.9. The lowest BCUT2D eigenvalue weighted by Gasteiger charge is -2.52. The van der Waals surface area contributed by atoms with Gasteiger partial charge in [0.2, 0.25) is 0 Å². The monoisotopic (exact) mass is 349 g/mol. The molecule has 1 aliphatic heterocycles. The highest BCUT2D eigenvalue weighted by molar-refractivity contribution is 5.95. The molecule has 1 saturated carbocycles.